The van der Waals surface area contributed by atoms with Gasteiger partial charge in [-0.2, -0.15) is 0 Å². The Balaban J connectivity index is 3.34. The van der Waals surface area contributed by atoms with Gasteiger partial charge < -0.3 is 10.1 Å². The van der Waals surface area contributed by atoms with E-state index in [0.717, 1.165) is 11.1 Å². The molecule has 1 unspecified atom stereocenters. The highest BCUT2D eigenvalue weighted by Gasteiger charge is 2.20. The van der Waals surface area contributed by atoms with E-state index in [1.807, 2.05) is 13.0 Å². The number of carbonyl (C=O) groups excluding carboxylic acids is 1. The normalized spacial score (nSPS) is 12.3. The highest BCUT2D eigenvalue weighted by Crippen LogP contribution is 2.32. The van der Waals surface area contributed by atoms with Crippen LogP contribution >= 0.6 is 11.6 Å². The largest absolute Gasteiger partial charge is 0.496 e. The van der Waals surface area contributed by atoms with E-state index in [9.17, 15) is 4.79 Å². The van der Waals surface area contributed by atoms with Crippen molar-refractivity contribution in [2.24, 2.45) is 0 Å². The highest BCUT2D eigenvalue weighted by molar-refractivity contribution is 6.30. The third-order valence-electron chi connectivity index (χ3n) is 2.48. The first-order valence-corrected chi connectivity index (χ1v) is 5.40. The monoisotopic (exact) mass is 241 g/mol. The third kappa shape index (κ3) is 2.54. The second kappa shape index (κ2) is 5.32. The maximum absolute atomic E-state index is 11.5. The van der Waals surface area contributed by atoms with E-state index in [4.69, 9.17) is 16.3 Å². The zero-order chi connectivity index (χ0) is 12.3. The summed E-state index contributed by atoms with van der Waals surface area (Å²) >= 11 is 5.99. The van der Waals surface area contributed by atoms with Gasteiger partial charge in [-0.25, -0.2) is 0 Å². The van der Waals surface area contributed by atoms with Crippen molar-refractivity contribution in [2.75, 3.05) is 14.2 Å². The van der Waals surface area contributed by atoms with Crippen LogP contribution in [0.1, 0.15) is 24.1 Å². The second-order valence-electron chi connectivity index (χ2n) is 3.68. The Morgan fingerprint density at radius 1 is 1.50 bits per heavy atom. The van der Waals surface area contributed by atoms with Gasteiger partial charge in [-0.15, -0.1) is 0 Å². The maximum atomic E-state index is 11.5. The van der Waals surface area contributed by atoms with E-state index in [2.05, 4.69) is 5.32 Å². The molecule has 0 aliphatic rings. The first kappa shape index (κ1) is 13.0. The fourth-order valence-corrected chi connectivity index (χ4v) is 2.11. The summed E-state index contributed by atoms with van der Waals surface area (Å²) in [6.45, 7) is 3.44. The fourth-order valence-electron chi connectivity index (χ4n) is 1.83. The van der Waals surface area contributed by atoms with Gasteiger partial charge in [-0.1, -0.05) is 11.6 Å². The molecule has 16 heavy (non-hydrogen) atoms. The van der Waals surface area contributed by atoms with Gasteiger partial charge >= 0.3 is 0 Å². The Hall–Kier alpha value is -1.06. The quantitative estimate of drug-likeness (QED) is 0.880. The fraction of sp³-hybridized carbons (Fsp3) is 0.417. The van der Waals surface area contributed by atoms with Crippen molar-refractivity contribution >= 4 is 17.4 Å². The van der Waals surface area contributed by atoms with Crippen LogP contribution < -0.4 is 10.1 Å². The van der Waals surface area contributed by atoms with Gasteiger partial charge in [-0.3, -0.25) is 4.79 Å². The molecular formula is C12H16ClNO2. The van der Waals surface area contributed by atoms with E-state index in [0.29, 0.717) is 10.8 Å². The molecule has 4 heteroatoms. The predicted octanol–water partition coefficient (Wildman–Crippen LogP) is 2.51. The summed E-state index contributed by atoms with van der Waals surface area (Å²) in [6, 6.07) is 3.19. The van der Waals surface area contributed by atoms with Crippen LogP contribution in [0.2, 0.25) is 5.02 Å². The number of ketones is 1. The molecule has 0 spiro atoms. The topological polar surface area (TPSA) is 38.3 Å². The van der Waals surface area contributed by atoms with Crippen LogP contribution in [0.15, 0.2) is 12.1 Å². The molecule has 0 aromatic heterocycles. The van der Waals surface area contributed by atoms with E-state index < -0.39 is 0 Å². The van der Waals surface area contributed by atoms with Gasteiger partial charge in [-0.05, 0) is 38.6 Å². The lowest BCUT2D eigenvalue weighted by Gasteiger charge is -2.18. The van der Waals surface area contributed by atoms with E-state index in [1.165, 1.54) is 6.92 Å². The first-order chi connectivity index (χ1) is 7.51. The molecule has 0 fully saturated rings. The number of carbonyl (C=O) groups is 1. The predicted molar refractivity (Wildman–Crippen MR) is 65.2 cm³/mol. The number of rotatable bonds is 4. The molecule has 3 nitrogen and oxygen atoms in total. The number of hydrogen-bond acceptors (Lipinski definition) is 3. The average Bonchev–Trinajstić information content (AvgIpc) is 2.17. The molecule has 0 heterocycles. The maximum Gasteiger partial charge on any atom is 0.151 e. The summed E-state index contributed by atoms with van der Waals surface area (Å²) in [5, 5.41) is 3.57. The zero-order valence-corrected chi connectivity index (χ0v) is 10.7. The van der Waals surface area contributed by atoms with Gasteiger partial charge in [0.05, 0.1) is 13.2 Å². The van der Waals surface area contributed by atoms with Crippen molar-refractivity contribution < 1.29 is 9.53 Å². The molecule has 0 bridgehead atoms. The van der Waals surface area contributed by atoms with Gasteiger partial charge in [0.15, 0.2) is 5.78 Å². The number of ether oxygens (including phenoxy) is 1. The smallest absolute Gasteiger partial charge is 0.151 e. The molecular weight excluding hydrogens is 226 g/mol. The molecule has 1 atom stereocenters. The van der Waals surface area contributed by atoms with E-state index in [1.54, 1.807) is 20.2 Å². The standard InChI is InChI=1S/C12H16ClNO2/c1-7-5-9(13)6-10(12(7)16-4)11(14-3)8(2)15/h5-6,11,14H,1-4H3. The summed E-state index contributed by atoms with van der Waals surface area (Å²) < 4.78 is 5.31. The molecule has 0 saturated heterocycles. The van der Waals surface area contributed by atoms with Gasteiger partial charge in [0.25, 0.3) is 0 Å². The Labute approximate surface area is 101 Å². The Morgan fingerprint density at radius 2 is 2.12 bits per heavy atom. The van der Waals surface area contributed by atoms with Crippen LogP contribution in [0.4, 0.5) is 0 Å². The number of benzene rings is 1. The second-order valence-corrected chi connectivity index (χ2v) is 4.11. The summed E-state index contributed by atoms with van der Waals surface area (Å²) in [7, 11) is 3.33. The van der Waals surface area contributed by atoms with Crippen LogP contribution in [0.3, 0.4) is 0 Å². The lowest BCUT2D eigenvalue weighted by Crippen LogP contribution is -2.24. The molecule has 88 valence electrons. The van der Waals surface area contributed by atoms with Crippen LogP contribution in [0, 0.1) is 6.92 Å². The number of likely N-dealkylation sites (N-methyl/N-ethyl adjacent to an activating group) is 1. The number of Topliss-reactive ketones (excluding diaryl/α,β-unsaturated/α-hetero) is 1. The van der Waals surface area contributed by atoms with E-state index >= 15 is 0 Å². The number of methoxy groups -OCH3 is 1. The van der Waals surface area contributed by atoms with Crippen molar-refractivity contribution in [1.82, 2.24) is 5.32 Å². The third-order valence-corrected chi connectivity index (χ3v) is 2.70. The Morgan fingerprint density at radius 3 is 2.56 bits per heavy atom. The Kier molecular flexibility index (Phi) is 4.33. The molecule has 0 aliphatic heterocycles. The number of halogens is 1. The summed E-state index contributed by atoms with van der Waals surface area (Å²) in [6.07, 6.45) is 0. The zero-order valence-electron chi connectivity index (χ0n) is 9.93. The van der Waals surface area contributed by atoms with Crippen molar-refractivity contribution in [3.63, 3.8) is 0 Å². The van der Waals surface area contributed by atoms with Crippen LogP contribution in [-0.2, 0) is 4.79 Å². The Bertz CT molecular complexity index is 404. The molecule has 0 aliphatic carbocycles. The van der Waals surface area contributed by atoms with Crippen LogP contribution in [0.25, 0.3) is 0 Å². The molecule has 1 aromatic carbocycles. The highest BCUT2D eigenvalue weighted by atomic mass is 35.5. The molecule has 1 N–H and O–H groups in total. The molecule has 0 radical (unpaired) electrons. The molecule has 1 aromatic rings. The SMILES string of the molecule is CNC(C(C)=O)c1cc(Cl)cc(C)c1OC. The van der Waals surface area contributed by atoms with Crippen molar-refractivity contribution in [3.05, 3.63) is 28.3 Å². The number of aryl methyl sites for hydroxylation is 1. The molecule has 0 amide bonds. The van der Waals surface area contributed by atoms with Crippen molar-refractivity contribution in [2.45, 2.75) is 19.9 Å². The summed E-state index contributed by atoms with van der Waals surface area (Å²) in [4.78, 5) is 11.5. The van der Waals surface area contributed by atoms with Gasteiger partial charge in [0.2, 0.25) is 0 Å². The minimum atomic E-state index is -0.382. The summed E-state index contributed by atoms with van der Waals surface area (Å²) in [5.41, 5.74) is 1.70. The van der Waals surface area contributed by atoms with Crippen molar-refractivity contribution in [3.8, 4) is 5.75 Å². The number of hydrogen-bond donors (Lipinski definition) is 1. The van der Waals surface area contributed by atoms with Crippen LogP contribution in [-0.4, -0.2) is 19.9 Å². The summed E-state index contributed by atoms with van der Waals surface area (Å²) in [5.74, 6) is 0.737. The van der Waals surface area contributed by atoms with Gasteiger partial charge in [0.1, 0.15) is 5.75 Å². The minimum absolute atomic E-state index is 0.0301. The lowest BCUT2D eigenvalue weighted by atomic mass is 10.00. The van der Waals surface area contributed by atoms with Gasteiger partial charge in [0, 0.05) is 10.6 Å². The molecule has 1 rings (SSSR count). The molecule has 0 saturated carbocycles. The number of nitrogens with one attached hydrogen (secondary N) is 1. The van der Waals surface area contributed by atoms with Crippen molar-refractivity contribution in [1.29, 1.82) is 0 Å². The first-order valence-electron chi connectivity index (χ1n) is 5.03. The average molecular weight is 242 g/mol. The minimum Gasteiger partial charge on any atom is -0.496 e. The van der Waals surface area contributed by atoms with E-state index in [-0.39, 0.29) is 11.8 Å². The van der Waals surface area contributed by atoms with Crippen LogP contribution in [0.5, 0.6) is 5.75 Å². The lowest BCUT2D eigenvalue weighted by molar-refractivity contribution is -0.119.